The predicted octanol–water partition coefficient (Wildman–Crippen LogP) is 1.67. The van der Waals surface area contributed by atoms with Gasteiger partial charge in [0.25, 0.3) is 0 Å². The molecule has 2 rings (SSSR count). The van der Waals surface area contributed by atoms with Gasteiger partial charge in [-0.3, -0.25) is 0 Å². The highest BCUT2D eigenvalue weighted by atomic mass is 15.2. The summed E-state index contributed by atoms with van der Waals surface area (Å²) in [5.41, 5.74) is 0. The molecule has 0 aliphatic carbocycles. The molecular weight excluding hydrogens is 172 g/mol. The lowest BCUT2D eigenvalue weighted by atomic mass is 9.92. The number of likely N-dealkylation sites (tertiary alicyclic amines) is 2. The Hall–Kier alpha value is -0.0800. The summed E-state index contributed by atoms with van der Waals surface area (Å²) in [6.07, 6.45) is 2.85. The molecule has 2 nitrogen and oxygen atoms in total. The van der Waals surface area contributed by atoms with Gasteiger partial charge in [-0.2, -0.15) is 0 Å². The largest absolute Gasteiger partial charge is 0.306 e. The third-order valence-electron chi connectivity index (χ3n) is 4.06. The maximum atomic E-state index is 2.65. The van der Waals surface area contributed by atoms with Crippen LogP contribution in [0.2, 0.25) is 0 Å². The van der Waals surface area contributed by atoms with Gasteiger partial charge < -0.3 is 9.80 Å². The number of hydrogen-bond acceptors (Lipinski definition) is 2. The first-order valence-electron chi connectivity index (χ1n) is 6.09. The normalized spacial score (nSPS) is 36.0. The van der Waals surface area contributed by atoms with E-state index in [2.05, 4.69) is 30.7 Å². The molecular formula is C12H24N2. The molecule has 2 saturated heterocycles. The van der Waals surface area contributed by atoms with Crippen LogP contribution in [-0.4, -0.2) is 49.1 Å². The van der Waals surface area contributed by atoms with E-state index in [1.807, 2.05) is 0 Å². The van der Waals surface area contributed by atoms with E-state index in [0.717, 1.165) is 17.9 Å². The van der Waals surface area contributed by atoms with Crippen molar-refractivity contribution in [3.8, 4) is 0 Å². The van der Waals surface area contributed by atoms with Gasteiger partial charge in [-0.25, -0.2) is 0 Å². The monoisotopic (exact) mass is 196 g/mol. The van der Waals surface area contributed by atoms with Crippen LogP contribution in [0.4, 0.5) is 0 Å². The van der Waals surface area contributed by atoms with E-state index in [1.54, 1.807) is 0 Å². The summed E-state index contributed by atoms with van der Waals surface area (Å²) in [7, 11) is 2.27. The lowest BCUT2D eigenvalue weighted by Crippen LogP contribution is -2.32. The molecule has 2 unspecified atom stereocenters. The molecule has 82 valence electrons. The fourth-order valence-corrected chi connectivity index (χ4v) is 3.12. The van der Waals surface area contributed by atoms with Gasteiger partial charge in [0.2, 0.25) is 0 Å². The summed E-state index contributed by atoms with van der Waals surface area (Å²) in [6.45, 7) is 9.99. The molecule has 0 N–H and O–H groups in total. The third kappa shape index (κ3) is 2.12. The van der Waals surface area contributed by atoms with Crippen LogP contribution >= 0.6 is 0 Å². The van der Waals surface area contributed by atoms with Crippen LogP contribution < -0.4 is 0 Å². The number of fused-ring (bicyclic) bond motifs is 1. The Morgan fingerprint density at radius 3 is 1.93 bits per heavy atom. The minimum atomic E-state index is 0.742. The Balaban J connectivity index is 1.92. The van der Waals surface area contributed by atoms with Gasteiger partial charge in [0.15, 0.2) is 0 Å². The molecule has 0 saturated carbocycles. The number of rotatable bonds is 1. The molecule has 2 atom stereocenters. The van der Waals surface area contributed by atoms with Gasteiger partial charge in [0, 0.05) is 19.1 Å². The van der Waals surface area contributed by atoms with E-state index in [9.17, 15) is 0 Å². The summed E-state index contributed by atoms with van der Waals surface area (Å²) in [4.78, 5) is 5.17. The zero-order chi connectivity index (χ0) is 10.1. The van der Waals surface area contributed by atoms with Crippen molar-refractivity contribution >= 4 is 0 Å². The van der Waals surface area contributed by atoms with Crippen LogP contribution in [0.5, 0.6) is 0 Å². The lowest BCUT2D eigenvalue weighted by Gasteiger charge is -2.24. The number of hydrogen-bond donors (Lipinski definition) is 0. The minimum Gasteiger partial charge on any atom is -0.306 e. The van der Waals surface area contributed by atoms with Gasteiger partial charge >= 0.3 is 0 Å². The molecule has 2 heteroatoms. The van der Waals surface area contributed by atoms with Crippen molar-refractivity contribution in [3.63, 3.8) is 0 Å². The summed E-state index contributed by atoms with van der Waals surface area (Å²) >= 11 is 0. The Labute approximate surface area is 88.3 Å². The average molecular weight is 196 g/mol. The Bertz CT molecular complexity index is 175. The molecule has 0 aromatic rings. The van der Waals surface area contributed by atoms with Crippen LogP contribution in [0.15, 0.2) is 0 Å². The van der Waals surface area contributed by atoms with E-state index in [-0.39, 0.29) is 0 Å². The SMILES string of the molecule is CC(C)N1CCC2CN(C)CC2CC1. The highest BCUT2D eigenvalue weighted by Crippen LogP contribution is 2.31. The van der Waals surface area contributed by atoms with Crippen LogP contribution in [0, 0.1) is 11.8 Å². The van der Waals surface area contributed by atoms with Crippen molar-refractivity contribution < 1.29 is 0 Å². The highest BCUT2D eigenvalue weighted by molar-refractivity contribution is 4.86. The van der Waals surface area contributed by atoms with E-state index >= 15 is 0 Å². The average Bonchev–Trinajstić information content (AvgIpc) is 2.34. The van der Waals surface area contributed by atoms with Gasteiger partial charge in [-0.1, -0.05) is 0 Å². The van der Waals surface area contributed by atoms with Crippen molar-refractivity contribution in [1.29, 1.82) is 0 Å². The number of nitrogens with zero attached hydrogens (tertiary/aromatic N) is 2. The van der Waals surface area contributed by atoms with E-state index in [1.165, 1.54) is 39.0 Å². The van der Waals surface area contributed by atoms with Gasteiger partial charge in [-0.05, 0) is 58.7 Å². The fourth-order valence-electron chi connectivity index (χ4n) is 3.12. The molecule has 2 fully saturated rings. The predicted molar refractivity (Wildman–Crippen MR) is 60.4 cm³/mol. The van der Waals surface area contributed by atoms with Crippen LogP contribution in [-0.2, 0) is 0 Å². The first-order chi connectivity index (χ1) is 6.66. The topological polar surface area (TPSA) is 6.48 Å². The third-order valence-corrected chi connectivity index (χ3v) is 4.06. The summed E-state index contributed by atoms with van der Waals surface area (Å²) in [6, 6.07) is 0.742. The van der Waals surface area contributed by atoms with Crippen LogP contribution in [0.1, 0.15) is 26.7 Å². The fraction of sp³-hybridized carbons (Fsp3) is 1.00. The van der Waals surface area contributed by atoms with Crippen molar-refractivity contribution in [2.24, 2.45) is 11.8 Å². The molecule has 0 amide bonds. The second-order valence-electron chi connectivity index (χ2n) is 5.45. The maximum absolute atomic E-state index is 2.65. The van der Waals surface area contributed by atoms with Crippen molar-refractivity contribution in [2.75, 3.05) is 33.2 Å². The van der Waals surface area contributed by atoms with Crippen molar-refractivity contribution in [3.05, 3.63) is 0 Å². The van der Waals surface area contributed by atoms with E-state index < -0.39 is 0 Å². The zero-order valence-corrected chi connectivity index (χ0v) is 9.87. The van der Waals surface area contributed by atoms with Gasteiger partial charge in [0.05, 0.1) is 0 Å². The Kier molecular flexibility index (Phi) is 3.13. The first-order valence-corrected chi connectivity index (χ1v) is 6.09. The molecule has 2 heterocycles. The molecule has 2 aliphatic rings. The van der Waals surface area contributed by atoms with Crippen molar-refractivity contribution in [1.82, 2.24) is 9.80 Å². The van der Waals surface area contributed by atoms with E-state index in [4.69, 9.17) is 0 Å². The standard InChI is InChI=1S/C12H24N2/c1-10(2)14-6-4-11-8-13(3)9-12(11)5-7-14/h10-12H,4-9H2,1-3H3. The second-order valence-corrected chi connectivity index (χ2v) is 5.45. The summed E-state index contributed by atoms with van der Waals surface area (Å²) in [5, 5.41) is 0. The lowest BCUT2D eigenvalue weighted by molar-refractivity contribution is 0.220. The quantitative estimate of drug-likeness (QED) is 0.629. The Morgan fingerprint density at radius 2 is 1.50 bits per heavy atom. The van der Waals surface area contributed by atoms with Crippen LogP contribution in [0.25, 0.3) is 0 Å². The highest BCUT2D eigenvalue weighted by Gasteiger charge is 2.33. The van der Waals surface area contributed by atoms with Gasteiger partial charge in [-0.15, -0.1) is 0 Å². The molecule has 0 radical (unpaired) electrons. The molecule has 2 aliphatic heterocycles. The molecule has 0 aromatic carbocycles. The zero-order valence-electron chi connectivity index (χ0n) is 9.87. The molecule has 0 aromatic heterocycles. The summed E-state index contributed by atoms with van der Waals surface area (Å²) < 4.78 is 0. The molecule has 0 bridgehead atoms. The molecule has 14 heavy (non-hydrogen) atoms. The van der Waals surface area contributed by atoms with Crippen molar-refractivity contribution in [2.45, 2.75) is 32.7 Å². The Morgan fingerprint density at radius 1 is 1.00 bits per heavy atom. The van der Waals surface area contributed by atoms with E-state index in [0.29, 0.717) is 0 Å². The first kappa shape index (κ1) is 10.4. The smallest absolute Gasteiger partial charge is 0.00385 e. The second kappa shape index (κ2) is 4.19. The molecule has 0 spiro atoms. The van der Waals surface area contributed by atoms with Gasteiger partial charge in [0.1, 0.15) is 0 Å². The van der Waals surface area contributed by atoms with Crippen LogP contribution in [0.3, 0.4) is 0 Å². The minimum absolute atomic E-state index is 0.742. The maximum Gasteiger partial charge on any atom is 0.00385 e. The summed E-state index contributed by atoms with van der Waals surface area (Å²) in [5.74, 6) is 1.98.